The fourth-order valence-corrected chi connectivity index (χ4v) is 9.33. The third kappa shape index (κ3) is 4.13. The average Bonchev–Trinajstić information content (AvgIpc) is 3.83. The van der Waals surface area contributed by atoms with Crippen LogP contribution in [0.1, 0.15) is 71.2 Å². The number of fused-ring (bicyclic) bond motifs is 8. The molecule has 2 unspecified atom stereocenters. The van der Waals surface area contributed by atoms with Crippen molar-refractivity contribution in [1.29, 1.82) is 10.5 Å². The number of carbonyl (C=O) groups is 1. The Hall–Kier alpha value is -5.87. The van der Waals surface area contributed by atoms with Crippen LogP contribution in [0.4, 0.5) is 0 Å². The Morgan fingerprint density at radius 1 is 0.653 bits per heavy atom. The van der Waals surface area contributed by atoms with Gasteiger partial charge in [0, 0.05) is 16.7 Å². The predicted molar refractivity (Wildman–Crippen MR) is 188 cm³/mol. The summed E-state index contributed by atoms with van der Waals surface area (Å²) < 4.78 is 15.4. The standard InChI is InChI=1S/C40H24N4O3S2/c1-21-23(26(19-41)37-43-31-11-5-7-13-33(31)48-37)15-17-29-35(21)46-36-22(2)24(27(20-42)38-44-32-12-6-8-14-34(32)49-38)16-18-30(36)40(29)28-10-4-3-9-25(28)39(45)47-40/h3-18,26-27H,1-2H3. The molecule has 2 aromatic heterocycles. The van der Waals surface area contributed by atoms with Crippen LogP contribution in [-0.4, -0.2) is 15.9 Å². The Labute approximate surface area is 289 Å². The molecule has 0 amide bonds. The van der Waals surface area contributed by atoms with Crippen LogP contribution in [0.2, 0.25) is 0 Å². The molecule has 9 rings (SSSR count). The second kappa shape index (κ2) is 10.8. The van der Waals surface area contributed by atoms with Crippen molar-refractivity contribution in [2.24, 2.45) is 0 Å². The first-order valence-corrected chi connectivity index (χ1v) is 17.3. The first-order valence-electron chi connectivity index (χ1n) is 15.7. The molecule has 2 aliphatic rings. The van der Waals surface area contributed by atoms with Gasteiger partial charge < -0.3 is 9.47 Å². The predicted octanol–water partition coefficient (Wildman–Crippen LogP) is 9.40. The minimum Gasteiger partial charge on any atom is -0.456 e. The summed E-state index contributed by atoms with van der Waals surface area (Å²) in [5, 5.41) is 22.4. The van der Waals surface area contributed by atoms with Crippen molar-refractivity contribution in [2.45, 2.75) is 31.3 Å². The van der Waals surface area contributed by atoms with E-state index in [2.05, 4.69) is 12.1 Å². The maximum atomic E-state index is 13.5. The Kier molecular flexibility index (Phi) is 6.47. The smallest absolute Gasteiger partial charge is 0.340 e. The molecule has 9 heteroatoms. The molecule has 0 radical (unpaired) electrons. The number of nitrogens with zero attached hydrogens (tertiary/aromatic N) is 4. The van der Waals surface area contributed by atoms with E-state index in [1.807, 2.05) is 105 Å². The highest BCUT2D eigenvalue weighted by molar-refractivity contribution is 7.19. The summed E-state index contributed by atoms with van der Waals surface area (Å²) in [6.45, 7) is 3.87. The number of esters is 1. The number of aromatic nitrogens is 2. The van der Waals surface area contributed by atoms with Gasteiger partial charge in [0.25, 0.3) is 0 Å². The summed E-state index contributed by atoms with van der Waals surface area (Å²) in [5.74, 6) is -0.672. The summed E-state index contributed by atoms with van der Waals surface area (Å²) in [6.07, 6.45) is 0. The Bertz CT molecular complexity index is 2410. The Morgan fingerprint density at radius 3 is 1.65 bits per heavy atom. The van der Waals surface area contributed by atoms with Gasteiger partial charge in [-0.25, -0.2) is 14.8 Å². The molecule has 0 saturated heterocycles. The van der Waals surface area contributed by atoms with Gasteiger partial charge in [-0.05, 0) is 66.4 Å². The topological polar surface area (TPSA) is 109 Å². The van der Waals surface area contributed by atoms with Crippen LogP contribution in [0.5, 0.6) is 11.5 Å². The molecule has 2 atom stereocenters. The van der Waals surface area contributed by atoms with E-state index in [0.717, 1.165) is 48.3 Å². The van der Waals surface area contributed by atoms with Gasteiger partial charge in [-0.2, -0.15) is 10.5 Å². The minimum atomic E-state index is -1.29. The number of thiazole rings is 2. The molecule has 0 bridgehead atoms. The maximum absolute atomic E-state index is 13.5. The van der Waals surface area contributed by atoms with Crippen molar-refractivity contribution < 1.29 is 14.3 Å². The maximum Gasteiger partial charge on any atom is 0.340 e. The van der Waals surface area contributed by atoms with Gasteiger partial charge in [0.1, 0.15) is 33.4 Å². The molecule has 2 aliphatic heterocycles. The second-order valence-corrected chi connectivity index (χ2v) is 14.3. The molecule has 7 aromatic rings. The number of carbonyl (C=O) groups excluding carboxylic acids is 1. The lowest BCUT2D eigenvalue weighted by Crippen LogP contribution is -2.34. The average molecular weight is 673 g/mol. The SMILES string of the molecule is Cc1c(C(C#N)c2nc3ccccc3s2)ccc2c1Oc1c(ccc(C(C#N)c3nc4ccccc4s3)c1C)C21OC(=O)c2ccccc21. The second-order valence-electron chi connectivity index (χ2n) is 12.2. The zero-order valence-corrected chi connectivity index (χ0v) is 27.9. The lowest BCUT2D eigenvalue weighted by molar-refractivity contribution is 0.0223. The number of nitriles is 2. The zero-order valence-electron chi connectivity index (χ0n) is 26.2. The number of ether oxygens (including phenoxy) is 2. The summed E-state index contributed by atoms with van der Waals surface area (Å²) in [4.78, 5) is 23.2. The van der Waals surface area contributed by atoms with E-state index in [4.69, 9.17) is 19.4 Å². The molecule has 49 heavy (non-hydrogen) atoms. The van der Waals surface area contributed by atoms with Crippen molar-refractivity contribution in [3.63, 3.8) is 0 Å². The molecule has 0 aliphatic carbocycles. The number of para-hydroxylation sites is 2. The highest BCUT2D eigenvalue weighted by Crippen LogP contribution is 2.59. The summed E-state index contributed by atoms with van der Waals surface area (Å²) in [5.41, 5.74) is 5.98. The summed E-state index contributed by atoms with van der Waals surface area (Å²) in [7, 11) is 0. The van der Waals surface area contributed by atoms with Crippen LogP contribution in [0, 0.1) is 36.5 Å². The van der Waals surface area contributed by atoms with Crippen molar-refractivity contribution in [3.8, 4) is 23.6 Å². The molecular formula is C40H24N4O3S2. The summed E-state index contributed by atoms with van der Waals surface area (Å²) >= 11 is 3.00. The van der Waals surface area contributed by atoms with E-state index < -0.39 is 23.4 Å². The molecule has 0 N–H and O–H groups in total. The van der Waals surface area contributed by atoms with Crippen molar-refractivity contribution in [2.75, 3.05) is 0 Å². The monoisotopic (exact) mass is 672 g/mol. The first-order chi connectivity index (χ1) is 23.9. The third-order valence-electron chi connectivity index (χ3n) is 9.63. The number of hydrogen-bond acceptors (Lipinski definition) is 9. The van der Waals surface area contributed by atoms with E-state index >= 15 is 0 Å². The van der Waals surface area contributed by atoms with Gasteiger partial charge in [0.05, 0.1) is 38.1 Å². The highest BCUT2D eigenvalue weighted by Gasteiger charge is 2.54. The zero-order chi connectivity index (χ0) is 33.4. The van der Waals surface area contributed by atoms with Crippen LogP contribution in [0.25, 0.3) is 20.4 Å². The van der Waals surface area contributed by atoms with E-state index in [0.29, 0.717) is 38.2 Å². The van der Waals surface area contributed by atoms with Crippen LogP contribution in [0.15, 0.2) is 97.1 Å². The molecule has 5 aromatic carbocycles. The molecule has 7 nitrogen and oxygen atoms in total. The van der Waals surface area contributed by atoms with E-state index in [1.165, 1.54) is 22.7 Å². The highest BCUT2D eigenvalue weighted by atomic mass is 32.1. The van der Waals surface area contributed by atoms with Crippen molar-refractivity contribution in [3.05, 3.63) is 152 Å². The lowest BCUT2D eigenvalue weighted by atomic mass is 9.75. The molecular weight excluding hydrogens is 649 g/mol. The Morgan fingerprint density at radius 2 is 1.14 bits per heavy atom. The fourth-order valence-electron chi connectivity index (χ4n) is 7.26. The van der Waals surface area contributed by atoms with Gasteiger partial charge >= 0.3 is 5.97 Å². The number of rotatable bonds is 4. The normalized spacial score (nSPS) is 17.0. The largest absolute Gasteiger partial charge is 0.456 e. The lowest BCUT2D eigenvalue weighted by Gasteiger charge is -2.38. The van der Waals surface area contributed by atoms with Gasteiger partial charge in [-0.1, -0.05) is 66.7 Å². The Balaban J connectivity index is 1.26. The van der Waals surface area contributed by atoms with Gasteiger partial charge in [0.2, 0.25) is 0 Å². The van der Waals surface area contributed by atoms with Gasteiger partial charge in [-0.3, -0.25) is 0 Å². The fraction of sp³-hybridized carbons (Fsp3) is 0.125. The molecule has 1 spiro atoms. The molecule has 4 heterocycles. The first kappa shape index (κ1) is 29.3. The number of benzene rings is 5. The molecule has 0 saturated carbocycles. The summed E-state index contributed by atoms with van der Waals surface area (Å²) in [6, 6.07) is 35.8. The molecule has 234 valence electrons. The van der Waals surface area contributed by atoms with Gasteiger partial charge in [0.15, 0.2) is 5.60 Å². The van der Waals surface area contributed by atoms with Crippen LogP contribution >= 0.6 is 22.7 Å². The van der Waals surface area contributed by atoms with Crippen LogP contribution < -0.4 is 4.74 Å². The van der Waals surface area contributed by atoms with E-state index in [9.17, 15) is 15.3 Å². The van der Waals surface area contributed by atoms with Crippen LogP contribution in [-0.2, 0) is 10.3 Å². The quantitative estimate of drug-likeness (QED) is 0.171. The van der Waals surface area contributed by atoms with Crippen LogP contribution in [0.3, 0.4) is 0 Å². The van der Waals surface area contributed by atoms with Crippen molar-refractivity contribution in [1.82, 2.24) is 9.97 Å². The van der Waals surface area contributed by atoms with Crippen molar-refractivity contribution >= 4 is 49.1 Å². The van der Waals surface area contributed by atoms with Gasteiger partial charge in [-0.15, -0.1) is 22.7 Å². The molecule has 0 fully saturated rings. The van der Waals surface area contributed by atoms with E-state index in [1.54, 1.807) is 6.07 Å². The third-order valence-corrected chi connectivity index (χ3v) is 11.8. The number of hydrogen-bond donors (Lipinski definition) is 0. The minimum absolute atomic E-state index is 0.424. The van der Waals surface area contributed by atoms with E-state index in [-0.39, 0.29) is 0 Å².